The lowest BCUT2D eigenvalue weighted by Gasteiger charge is -2.12. The largest absolute Gasteiger partial charge is 0.350 e. The number of rotatable bonds is 6. The normalized spacial score (nSPS) is 11.9. The Hall–Kier alpha value is -2.18. The second-order valence-electron chi connectivity index (χ2n) is 5.60. The number of thioether (sulfide) groups is 1. The molecule has 1 amide bonds. The van der Waals surface area contributed by atoms with Crippen LogP contribution in [0.1, 0.15) is 17.5 Å². The van der Waals surface area contributed by atoms with Crippen molar-refractivity contribution in [3.63, 3.8) is 0 Å². The molecule has 3 rings (SSSR count). The fourth-order valence-corrected chi connectivity index (χ4v) is 3.79. The van der Waals surface area contributed by atoms with Gasteiger partial charge >= 0.3 is 0 Å². The topological polar surface area (TPSA) is 54.9 Å². The number of carbonyl (C=O) groups is 1. The number of thiophene rings is 1. The number of aryl methyl sites for hydroxylation is 1. The van der Waals surface area contributed by atoms with Gasteiger partial charge in [-0.2, -0.15) is 0 Å². The summed E-state index contributed by atoms with van der Waals surface area (Å²) in [5, 5.41) is 5.33. The molecule has 2 heterocycles. The number of carbonyl (C=O) groups excluding carboxylic acids is 1. The van der Waals surface area contributed by atoms with Crippen LogP contribution in [0.3, 0.4) is 0 Å². The molecule has 0 aliphatic carbocycles. The number of benzene rings is 1. The van der Waals surface area contributed by atoms with Gasteiger partial charge in [0.1, 0.15) is 0 Å². The van der Waals surface area contributed by atoms with Crippen LogP contribution in [0.4, 0.5) is 0 Å². The van der Waals surface area contributed by atoms with E-state index in [1.165, 1.54) is 11.8 Å². The molecule has 4 nitrogen and oxygen atoms in total. The summed E-state index contributed by atoms with van der Waals surface area (Å²) >= 11 is 3.02. The standard InChI is InChI=1S/C19H19N3OS2/c1-13-11-17(15-7-4-3-5-8-15)22-19(21-13)25-14(2)18(23)20-12-16-9-6-10-24-16/h3-11,14H,12H2,1-2H3,(H,20,23)/t14-/m0/s1. The molecule has 6 heteroatoms. The van der Waals surface area contributed by atoms with Crippen molar-refractivity contribution >= 4 is 29.0 Å². The van der Waals surface area contributed by atoms with Crippen molar-refractivity contribution in [1.29, 1.82) is 0 Å². The van der Waals surface area contributed by atoms with E-state index in [9.17, 15) is 4.79 Å². The summed E-state index contributed by atoms with van der Waals surface area (Å²) in [4.78, 5) is 22.5. The number of aromatic nitrogens is 2. The van der Waals surface area contributed by atoms with Crippen LogP contribution >= 0.6 is 23.1 Å². The molecular weight excluding hydrogens is 350 g/mol. The van der Waals surface area contributed by atoms with Crippen molar-refractivity contribution in [2.75, 3.05) is 0 Å². The highest BCUT2D eigenvalue weighted by Crippen LogP contribution is 2.24. The molecule has 0 saturated heterocycles. The van der Waals surface area contributed by atoms with E-state index in [2.05, 4.69) is 15.3 Å². The molecule has 0 unspecified atom stereocenters. The first-order valence-corrected chi connectivity index (χ1v) is 9.75. The third-order valence-electron chi connectivity index (χ3n) is 3.57. The highest BCUT2D eigenvalue weighted by Gasteiger charge is 2.17. The minimum atomic E-state index is -0.259. The maximum Gasteiger partial charge on any atom is 0.233 e. The van der Waals surface area contributed by atoms with E-state index in [-0.39, 0.29) is 11.2 Å². The molecule has 1 atom stereocenters. The van der Waals surface area contributed by atoms with Crippen molar-refractivity contribution in [1.82, 2.24) is 15.3 Å². The molecule has 0 spiro atoms. The Morgan fingerprint density at radius 3 is 2.72 bits per heavy atom. The monoisotopic (exact) mass is 369 g/mol. The van der Waals surface area contributed by atoms with Crippen LogP contribution in [0.25, 0.3) is 11.3 Å². The number of hydrogen-bond donors (Lipinski definition) is 1. The minimum Gasteiger partial charge on any atom is -0.350 e. The van der Waals surface area contributed by atoms with Gasteiger partial charge in [-0.1, -0.05) is 48.2 Å². The lowest BCUT2D eigenvalue weighted by atomic mass is 10.1. The number of nitrogens with one attached hydrogen (secondary N) is 1. The molecule has 2 aromatic heterocycles. The van der Waals surface area contributed by atoms with Crippen molar-refractivity contribution in [2.24, 2.45) is 0 Å². The van der Waals surface area contributed by atoms with Crippen LogP contribution in [-0.2, 0) is 11.3 Å². The molecule has 0 saturated carbocycles. The number of amides is 1. The summed E-state index contributed by atoms with van der Waals surface area (Å²) < 4.78 is 0. The fraction of sp³-hybridized carbons (Fsp3) is 0.211. The van der Waals surface area contributed by atoms with Gasteiger partial charge in [0, 0.05) is 16.1 Å². The Balaban J connectivity index is 1.67. The number of nitrogens with zero attached hydrogens (tertiary/aromatic N) is 2. The Kier molecular flexibility index (Phi) is 5.83. The summed E-state index contributed by atoms with van der Waals surface area (Å²) in [7, 11) is 0. The highest BCUT2D eigenvalue weighted by atomic mass is 32.2. The van der Waals surface area contributed by atoms with E-state index in [0.717, 1.165) is 21.8 Å². The summed E-state index contributed by atoms with van der Waals surface area (Å²) in [5.74, 6) is -0.00947. The number of hydrogen-bond acceptors (Lipinski definition) is 5. The van der Waals surface area contributed by atoms with Gasteiger partial charge in [-0.15, -0.1) is 11.3 Å². The highest BCUT2D eigenvalue weighted by molar-refractivity contribution is 8.00. The zero-order valence-electron chi connectivity index (χ0n) is 14.1. The first kappa shape index (κ1) is 17.6. The molecular formula is C19H19N3OS2. The van der Waals surface area contributed by atoms with Crippen molar-refractivity contribution in [2.45, 2.75) is 30.8 Å². The van der Waals surface area contributed by atoms with Crippen LogP contribution in [0.15, 0.2) is 59.1 Å². The third kappa shape index (κ3) is 4.90. The van der Waals surface area contributed by atoms with Crippen LogP contribution in [0, 0.1) is 6.92 Å². The fourth-order valence-electron chi connectivity index (χ4n) is 2.29. The van der Waals surface area contributed by atoms with Crippen molar-refractivity contribution < 1.29 is 4.79 Å². The molecule has 1 aromatic carbocycles. The zero-order chi connectivity index (χ0) is 17.6. The Morgan fingerprint density at radius 2 is 2.00 bits per heavy atom. The van der Waals surface area contributed by atoms with E-state index < -0.39 is 0 Å². The lowest BCUT2D eigenvalue weighted by molar-refractivity contribution is -0.120. The molecule has 1 N–H and O–H groups in total. The summed E-state index contributed by atoms with van der Waals surface area (Å²) in [5.41, 5.74) is 2.81. The van der Waals surface area contributed by atoms with Crippen LogP contribution in [-0.4, -0.2) is 21.1 Å². The van der Waals surface area contributed by atoms with E-state index in [1.807, 2.05) is 67.8 Å². The van der Waals surface area contributed by atoms with Gasteiger partial charge in [-0.3, -0.25) is 4.79 Å². The zero-order valence-corrected chi connectivity index (χ0v) is 15.7. The molecule has 128 valence electrons. The molecule has 0 radical (unpaired) electrons. The van der Waals surface area contributed by atoms with Gasteiger partial charge < -0.3 is 5.32 Å². The summed E-state index contributed by atoms with van der Waals surface area (Å²) in [6.07, 6.45) is 0. The Morgan fingerprint density at radius 1 is 1.20 bits per heavy atom. The predicted octanol–water partition coefficient (Wildman–Crippen LogP) is 4.31. The van der Waals surface area contributed by atoms with Crippen LogP contribution in [0.2, 0.25) is 0 Å². The van der Waals surface area contributed by atoms with Gasteiger partial charge in [-0.05, 0) is 31.4 Å². The second kappa shape index (κ2) is 8.27. The van der Waals surface area contributed by atoms with E-state index >= 15 is 0 Å². The maximum absolute atomic E-state index is 12.3. The minimum absolute atomic E-state index is 0.00947. The summed E-state index contributed by atoms with van der Waals surface area (Å²) in [6, 6.07) is 15.9. The summed E-state index contributed by atoms with van der Waals surface area (Å²) in [6.45, 7) is 4.38. The van der Waals surface area contributed by atoms with Gasteiger partial charge in [0.25, 0.3) is 0 Å². The average Bonchev–Trinajstić information content (AvgIpc) is 3.13. The van der Waals surface area contributed by atoms with Gasteiger partial charge in [0.05, 0.1) is 17.5 Å². The van der Waals surface area contributed by atoms with Crippen molar-refractivity contribution in [3.05, 3.63) is 64.5 Å². The van der Waals surface area contributed by atoms with E-state index in [1.54, 1.807) is 11.3 Å². The average molecular weight is 370 g/mol. The quantitative estimate of drug-likeness (QED) is 0.520. The Bertz CT molecular complexity index is 835. The lowest BCUT2D eigenvalue weighted by Crippen LogP contribution is -2.30. The molecule has 0 fully saturated rings. The first-order chi connectivity index (χ1) is 12.1. The van der Waals surface area contributed by atoms with Gasteiger partial charge in [0.2, 0.25) is 5.91 Å². The maximum atomic E-state index is 12.3. The van der Waals surface area contributed by atoms with E-state index in [0.29, 0.717) is 11.7 Å². The smallest absolute Gasteiger partial charge is 0.233 e. The SMILES string of the molecule is Cc1cc(-c2ccccc2)nc(S[C@@H](C)C(=O)NCc2cccs2)n1. The van der Waals surface area contributed by atoms with Gasteiger partial charge in [0.15, 0.2) is 5.16 Å². The van der Waals surface area contributed by atoms with Gasteiger partial charge in [-0.25, -0.2) is 9.97 Å². The Labute approximate surface area is 155 Å². The van der Waals surface area contributed by atoms with Crippen molar-refractivity contribution in [3.8, 4) is 11.3 Å². The van der Waals surface area contributed by atoms with Crippen LogP contribution in [0.5, 0.6) is 0 Å². The third-order valence-corrected chi connectivity index (χ3v) is 5.41. The first-order valence-electron chi connectivity index (χ1n) is 7.99. The van der Waals surface area contributed by atoms with Crippen LogP contribution < -0.4 is 5.32 Å². The molecule has 25 heavy (non-hydrogen) atoms. The molecule has 3 aromatic rings. The molecule has 0 aliphatic heterocycles. The molecule has 0 aliphatic rings. The predicted molar refractivity (Wildman–Crippen MR) is 104 cm³/mol. The van der Waals surface area contributed by atoms with E-state index in [4.69, 9.17) is 0 Å². The molecule has 0 bridgehead atoms. The second-order valence-corrected chi connectivity index (χ2v) is 7.94.